The Morgan fingerprint density at radius 3 is 3.09 bits per heavy atom. The van der Waals surface area contributed by atoms with Gasteiger partial charge in [0.05, 0.1) is 6.04 Å². The average Bonchev–Trinajstić information content (AvgIpc) is 3.00. The van der Waals surface area contributed by atoms with Crippen LogP contribution in [0.1, 0.15) is 33.5 Å². The summed E-state index contributed by atoms with van der Waals surface area (Å²) in [5.41, 5.74) is 7.55. The number of rotatable bonds is 7. The van der Waals surface area contributed by atoms with Gasteiger partial charge in [0.25, 0.3) is 5.91 Å². The van der Waals surface area contributed by atoms with Crippen LogP contribution >= 0.6 is 39.0 Å². The van der Waals surface area contributed by atoms with Gasteiger partial charge in [-0.2, -0.15) is 11.8 Å². The lowest BCUT2D eigenvalue weighted by Crippen LogP contribution is -2.23. The molecule has 0 saturated heterocycles. The molecule has 1 unspecified atom stereocenters. The summed E-state index contributed by atoms with van der Waals surface area (Å²) in [6.45, 7) is 0.476. The van der Waals surface area contributed by atoms with E-state index in [2.05, 4.69) is 32.5 Å². The summed E-state index contributed by atoms with van der Waals surface area (Å²) in [6.07, 6.45) is 2.92. The highest BCUT2D eigenvalue weighted by molar-refractivity contribution is 9.10. The molecular weight excluding hydrogens is 382 g/mol. The number of hydrogen-bond donors (Lipinski definition) is 2. The van der Waals surface area contributed by atoms with Crippen molar-refractivity contribution >= 4 is 44.9 Å². The molecule has 22 heavy (non-hydrogen) atoms. The van der Waals surface area contributed by atoms with Gasteiger partial charge in [-0.3, -0.25) is 4.79 Å². The lowest BCUT2D eigenvalue weighted by Gasteiger charge is -2.06. The Hall–Kier alpha value is -0.890. The Kier molecular flexibility index (Phi) is 6.88. The highest BCUT2D eigenvalue weighted by Crippen LogP contribution is 2.20. The number of halogens is 1. The van der Waals surface area contributed by atoms with Gasteiger partial charge in [-0.25, -0.2) is 4.98 Å². The van der Waals surface area contributed by atoms with Crippen LogP contribution < -0.4 is 11.1 Å². The largest absolute Gasteiger partial charge is 0.347 e. The number of nitrogens with one attached hydrogen (secondary N) is 1. The number of nitrogens with two attached hydrogens (primary N) is 1. The van der Waals surface area contributed by atoms with Crippen molar-refractivity contribution in [2.24, 2.45) is 5.73 Å². The molecule has 0 spiro atoms. The van der Waals surface area contributed by atoms with E-state index in [9.17, 15) is 4.79 Å². The number of amides is 1. The zero-order valence-corrected chi connectivity index (χ0v) is 15.4. The number of hydrogen-bond acceptors (Lipinski definition) is 5. The number of thiazole rings is 1. The van der Waals surface area contributed by atoms with Crippen molar-refractivity contribution in [3.05, 3.63) is 50.4 Å². The van der Waals surface area contributed by atoms with Gasteiger partial charge in [-0.15, -0.1) is 11.3 Å². The van der Waals surface area contributed by atoms with Gasteiger partial charge >= 0.3 is 0 Å². The first kappa shape index (κ1) is 17.5. The van der Waals surface area contributed by atoms with Crippen LogP contribution in [0, 0.1) is 0 Å². The van der Waals surface area contributed by atoms with Gasteiger partial charge in [0.2, 0.25) is 0 Å². The molecule has 2 aromatic rings. The molecule has 0 radical (unpaired) electrons. The lowest BCUT2D eigenvalue weighted by atomic mass is 10.2. The fourth-order valence-electron chi connectivity index (χ4n) is 1.85. The maximum atomic E-state index is 12.1. The van der Waals surface area contributed by atoms with Gasteiger partial charge < -0.3 is 11.1 Å². The van der Waals surface area contributed by atoms with Crippen molar-refractivity contribution in [2.45, 2.75) is 19.0 Å². The number of carbonyl (C=O) groups excluding carboxylic acids is 1. The molecule has 0 aliphatic heterocycles. The fourth-order valence-corrected chi connectivity index (χ4v) is 3.62. The number of carbonyl (C=O) groups is 1. The first-order chi connectivity index (χ1) is 10.6. The van der Waals surface area contributed by atoms with Gasteiger partial charge in [0.1, 0.15) is 10.7 Å². The van der Waals surface area contributed by atoms with Crippen LogP contribution in [0.4, 0.5) is 0 Å². The van der Waals surface area contributed by atoms with E-state index < -0.39 is 0 Å². The van der Waals surface area contributed by atoms with Crippen molar-refractivity contribution in [3.63, 3.8) is 0 Å². The summed E-state index contributed by atoms with van der Waals surface area (Å²) in [4.78, 5) is 16.5. The molecule has 0 aliphatic rings. The summed E-state index contributed by atoms with van der Waals surface area (Å²) in [6, 6.07) is 7.75. The third-order valence-electron chi connectivity index (χ3n) is 3.05. The SMILES string of the molecule is CSCCC(N)c1nc(C(=O)NCc2cccc(Br)c2)cs1. The van der Waals surface area contributed by atoms with Crippen LogP contribution in [0.3, 0.4) is 0 Å². The van der Waals surface area contributed by atoms with E-state index in [1.165, 1.54) is 11.3 Å². The Morgan fingerprint density at radius 2 is 2.36 bits per heavy atom. The number of aromatic nitrogens is 1. The summed E-state index contributed by atoms with van der Waals surface area (Å²) < 4.78 is 0.995. The van der Waals surface area contributed by atoms with Crippen LogP contribution in [0.5, 0.6) is 0 Å². The summed E-state index contributed by atoms with van der Waals surface area (Å²) >= 11 is 6.62. The minimum Gasteiger partial charge on any atom is -0.347 e. The Balaban J connectivity index is 1.91. The van der Waals surface area contributed by atoms with E-state index in [1.807, 2.05) is 24.3 Å². The number of benzene rings is 1. The predicted octanol–water partition coefficient (Wildman–Crippen LogP) is 3.59. The normalized spacial score (nSPS) is 12.1. The standard InChI is InChI=1S/C15H18BrN3OS2/c1-21-6-5-12(17)15-19-13(9-22-15)14(20)18-8-10-3-2-4-11(16)7-10/h2-4,7,9,12H,5-6,8,17H2,1H3,(H,18,20). The molecule has 0 aliphatic carbocycles. The van der Waals surface area contributed by atoms with Gasteiger partial charge in [-0.05, 0) is 36.1 Å². The average molecular weight is 400 g/mol. The van der Waals surface area contributed by atoms with Crippen molar-refractivity contribution in [2.75, 3.05) is 12.0 Å². The molecule has 1 amide bonds. The van der Waals surface area contributed by atoms with Crippen LogP contribution in [0.15, 0.2) is 34.1 Å². The molecule has 0 saturated carbocycles. The Morgan fingerprint density at radius 1 is 1.55 bits per heavy atom. The van der Waals surface area contributed by atoms with Crippen molar-refractivity contribution in [3.8, 4) is 0 Å². The monoisotopic (exact) mass is 399 g/mol. The molecule has 1 aromatic carbocycles. The van der Waals surface area contributed by atoms with E-state index in [4.69, 9.17) is 5.73 Å². The third-order valence-corrected chi connectivity index (χ3v) is 5.16. The maximum absolute atomic E-state index is 12.1. The van der Waals surface area contributed by atoms with Crippen LogP contribution in [-0.2, 0) is 6.54 Å². The molecular formula is C15H18BrN3OS2. The summed E-state index contributed by atoms with van der Waals surface area (Å²) in [5, 5.41) is 5.47. The smallest absolute Gasteiger partial charge is 0.271 e. The topological polar surface area (TPSA) is 68.0 Å². The molecule has 1 atom stereocenters. The second-order valence-corrected chi connectivity index (χ2v) is 7.56. The molecule has 0 fully saturated rings. The summed E-state index contributed by atoms with van der Waals surface area (Å²) in [5.74, 6) is 0.824. The number of nitrogens with zero attached hydrogens (tertiary/aromatic N) is 1. The van der Waals surface area contributed by atoms with Gasteiger partial charge in [-0.1, -0.05) is 28.1 Å². The van der Waals surface area contributed by atoms with Crippen molar-refractivity contribution in [1.82, 2.24) is 10.3 Å². The molecule has 3 N–H and O–H groups in total. The van der Waals surface area contributed by atoms with E-state index in [0.717, 1.165) is 27.2 Å². The predicted molar refractivity (Wildman–Crippen MR) is 97.4 cm³/mol. The lowest BCUT2D eigenvalue weighted by molar-refractivity contribution is 0.0946. The van der Waals surface area contributed by atoms with Crippen LogP contribution in [0.25, 0.3) is 0 Å². The molecule has 118 valence electrons. The highest BCUT2D eigenvalue weighted by Gasteiger charge is 2.14. The van der Waals surface area contributed by atoms with Gasteiger partial charge in [0, 0.05) is 16.4 Å². The second-order valence-electron chi connectivity index (χ2n) is 4.77. The zero-order valence-electron chi connectivity index (χ0n) is 12.2. The highest BCUT2D eigenvalue weighted by atomic mass is 79.9. The van der Waals surface area contributed by atoms with Crippen molar-refractivity contribution < 1.29 is 4.79 Å². The van der Waals surface area contributed by atoms with E-state index in [1.54, 1.807) is 17.1 Å². The molecule has 1 heterocycles. The minimum atomic E-state index is -0.167. The second kappa shape index (κ2) is 8.67. The van der Waals surface area contributed by atoms with Gasteiger partial charge in [0.15, 0.2) is 0 Å². The maximum Gasteiger partial charge on any atom is 0.271 e. The first-order valence-corrected chi connectivity index (χ1v) is 9.89. The fraction of sp³-hybridized carbons (Fsp3) is 0.333. The van der Waals surface area contributed by atoms with Crippen LogP contribution in [-0.4, -0.2) is 22.9 Å². The minimum absolute atomic E-state index is 0.0934. The molecule has 1 aromatic heterocycles. The molecule has 2 rings (SSSR count). The van der Waals surface area contributed by atoms with Crippen molar-refractivity contribution in [1.29, 1.82) is 0 Å². The summed E-state index contributed by atoms with van der Waals surface area (Å²) in [7, 11) is 0. The molecule has 7 heteroatoms. The van der Waals surface area contributed by atoms with Crippen LogP contribution in [0.2, 0.25) is 0 Å². The molecule has 0 bridgehead atoms. The number of thioether (sulfide) groups is 1. The Labute approximate surface area is 147 Å². The Bertz CT molecular complexity index is 633. The van der Waals surface area contributed by atoms with E-state index in [-0.39, 0.29) is 11.9 Å². The van der Waals surface area contributed by atoms with E-state index >= 15 is 0 Å². The zero-order chi connectivity index (χ0) is 15.9. The first-order valence-electron chi connectivity index (χ1n) is 6.82. The quantitative estimate of drug-likeness (QED) is 0.746. The third kappa shape index (κ3) is 5.08. The molecule has 4 nitrogen and oxygen atoms in total. The van der Waals surface area contributed by atoms with E-state index in [0.29, 0.717) is 12.2 Å².